The molecule has 1 spiro atoms. The Balaban J connectivity index is 1.55. The molecule has 0 unspecified atom stereocenters. The first kappa shape index (κ1) is 15.8. The van der Waals surface area contributed by atoms with Crippen LogP contribution in [0.25, 0.3) is 5.69 Å². The molecule has 1 aromatic heterocycles. The quantitative estimate of drug-likeness (QED) is 0.869. The number of piperidine rings is 1. The molecule has 1 aromatic carbocycles. The minimum Gasteiger partial charge on any atom is -0.346 e. The molecule has 0 radical (unpaired) electrons. The lowest BCUT2D eigenvalue weighted by Gasteiger charge is -2.38. The summed E-state index contributed by atoms with van der Waals surface area (Å²) >= 11 is 0. The van der Waals surface area contributed by atoms with Gasteiger partial charge in [-0.25, -0.2) is 4.68 Å². The number of hydrogen-bond donors (Lipinski definition) is 0. The number of hydrogen-bond acceptors (Lipinski definition) is 4. The summed E-state index contributed by atoms with van der Waals surface area (Å²) in [6, 6.07) is 10.3. The van der Waals surface area contributed by atoms with E-state index >= 15 is 0 Å². The Morgan fingerprint density at radius 3 is 2.62 bits per heavy atom. The average Bonchev–Trinajstić information content (AvgIpc) is 3.15. The summed E-state index contributed by atoms with van der Waals surface area (Å²) in [7, 11) is 0. The Kier molecular flexibility index (Phi) is 4.16. The van der Waals surface area contributed by atoms with Gasteiger partial charge in [-0.1, -0.05) is 18.2 Å². The van der Waals surface area contributed by atoms with Gasteiger partial charge in [0, 0.05) is 24.2 Å². The van der Waals surface area contributed by atoms with Crippen LogP contribution in [0.5, 0.6) is 0 Å². The molecule has 5 heteroatoms. The van der Waals surface area contributed by atoms with Crippen molar-refractivity contribution in [1.82, 2.24) is 14.7 Å². The topological polar surface area (TPSA) is 39.5 Å². The van der Waals surface area contributed by atoms with Gasteiger partial charge in [0.05, 0.1) is 31.1 Å². The van der Waals surface area contributed by atoms with E-state index < -0.39 is 0 Å². The van der Waals surface area contributed by atoms with Crippen LogP contribution in [-0.2, 0) is 16.0 Å². The molecule has 2 aliphatic heterocycles. The molecule has 4 rings (SSSR count). The summed E-state index contributed by atoms with van der Waals surface area (Å²) in [5.74, 6) is -0.366. The van der Waals surface area contributed by atoms with Crippen LogP contribution in [0.1, 0.15) is 29.8 Å². The van der Waals surface area contributed by atoms with Crippen molar-refractivity contribution in [3.63, 3.8) is 0 Å². The van der Waals surface area contributed by atoms with Crippen LogP contribution < -0.4 is 0 Å². The van der Waals surface area contributed by atoms with Gasteiger partial charge in [-0.3, -0.25) is 4.90 Å². The van der Waals surface area contributed by atoms with Crippen LogP contribution in [0.4, 0.5) is 0 Å². The van der Waals surface area contributed by atoms with Crippen molar-refractivity contribution in [2.45, 2.75) is 39.0 Å². The molecule has 0 N–H and O–H groups in total. The number of ether oxygens (including phenoxy) is 2. The molecular formula is C19H25N3O2. The van der Waals surface area contributed by atoms with Crippen LogP contribution >= 0.6 is 0 Å². The highest BCUT2D eigenvalue weighted by molar-refractivity contribution is 5.36. The fraction of sp³-hybridized carbons (Fsp3) is 0.526. The van der Waals surface area contributed by atoms with E-state index in [0.717, 1.165) is 57.1 Å². The molecule has 5 nitrogen and oxygen atoms in total. The van der Waals surface area contributed by atoms with Gasteiger partial charge in [0.25, 0.3) is 0 Å². The van der Waals surface area contributed by atoms with Crippen LogP contribution in [0.2, 0.25) is 0 Å². The van der Waals surface area contributed by atoms with E-state index in [1.54, 1.807) is 0 Å². The van der Waals surface area contributed by atoms with Gasteiger partial charge in [-0.15, -0.1) is 0 Å². The Morgan fingerprint density at radius 2 is 1.88 bits per heavy atom. The van der Waals surface area contributed by atoms with E-state index in [0.29, 0.717) is 0 Å². The first-order valence-corrected chi connectivity index (χ1v) is 8.78. The van der Waals surface area contributed by atoms with Crippen LogP contribution in [-0.4, -0.2) is 46.8 Å². The highest BCUT2D eigenvalue weighted by Gasteiger charge is 2.40. The van der Waals surface area contributed by atoms with Gasteiger partial charge in [0.1, 0.15) is 0 Å². The van der Waals surface area contributed by atoms with Crippen LogP contribution in [0.15, 0.2) is 30.3 Å². The standard InChI is InChI=1S/C19H25N3O2/c1-15-18(16(2)22(20-15)17-7-4-3-5-8-17)13-21-10-6-9-19(14-21)23-11-12-24-19/h3-5,7-8H,6,9-14H2,1-2H3. The van der Waals surface area contributed by atoms with E-state index in [2.05, 4.69) is 43.0 Å². The van der Waals surface area contributed by atoms with Crippen molar-refractivity contribution in [3.8, 4) is 5.69 Å². The smallest absolute Gasteiger partial charge is 0.181 e. The van der Waals surface area contributed by atoms with Crippen LogP contribution in [0, 0.1) is 13.8 Å². The van der Waals surface area contributed by atoms with Gasteiger partial charge in [-0.2, -0.15) is 5.10 Å². The average molecular weight is 327 g/mol. The number of nitrogens with zero attached hydrogens (tertiary/aromatic N) is 3. The summed E-state index contributed by atoms with van der Waals surface area (Å²) in [6.07, 6.45) is 2.12. The van der Waals surface area contributed by atoms with Crippen molar-refractivity contribution in [2.24, 2.45) is 0 Å². The summed E-state index contributed by atoms with van der Waals surface area (Å²) in [4.78, 5) is 2.45. The lowest BCUT2D eigenvalue weighted by Crippen LogP contribution is -2.48. The molecule has 3 heterocycles. The number of rotatable bonds is 3. The Labute approximate surface area is 143 Å². The molecule has 2 saturated heterocycles. The molecule has 2 aromatic rings. The normalized spacial score (nSPS) is 20.8. The predicted octanol–water partition coefficient (Wildman–Crippen LogP) is 2.83. The largest absolute Gasteiger partial charge is 0.346 e. The molecule has 0 aliphatic carbocycles. The summed E-state index contributed by atoms with van der Waals surface area (Å²) < 4.78 is 13.8. The van der Waals surface area contributed by atoms with Crippen molar-refractivity contribution in [3.05, 3.63) is 47.3 Å². The van der Waals surface area contributed by atoms with Crippen molar-refractivity contribution < 1.29 is 9.47 Å². The molecule has 0 bridgehead atoms. The molecule has 24 heavy (non-hydrogen) atoms. The Bertz CT molecular complexity index is 705. The maximum Gasteiger partial charge on any atom is 0.181 e. The molecule has 2 aliphatic rings. The second-order valence-corrected chi connectivity index (χ2v) is 6.82. The fourth-order valence-corrected chi connectivity index (χ4v) is 3.89. The highest BCUT2D eigenvalue weighted by Crippen LogP contribution is 2.31. The molecule has 0 saturated carbocycles. The second-order valence-electron chi connectivity index (χ2n) is 6.82. The third-order valence-electron chi connectivity index (χ3n) is 5.13. The fourth-order valence-electron chi connectivity index (χ4n) is 3.89. The highest BCUT2D eigenvalue weighted by atomic mass is 16.7. The minimum absolute atomic E-state index is 0.366. The van der Waals surface area contributed by atoms with E-state index in [9.17, 15) is 0 Å². The zero-order valence-corrected chi connectivity index (χ0v) is 14.5. The monoisotopic (exact) mass is 327 g/mol. The summed E-state index contributed by atoms with van der Waals surface area (Å²) in [5, 5.41) is 4.76. The summed E-state index contributed by atoms with van der Waals surface area (Å²) in [6.45, 7) is 8.54. The van der Waals surface area contributed by atoms with Gasteiger partial charge >= 0.3 is 0 Å². The van der Waals surface area contributed by atoms with Gasteiger partial charge in [0.2, 0.25) is 0 Å². The maximum atomic E-state index is 5.90. The number of aromatic nitrogens is 2. The third kappa shape index (κ3) is 2.88. The predicted molar refractivity (Wildman–Crippen MR) is 92.2 cm³/mol. The lowest BCUT2D eigenvalue weighted by molar-refractivity contribution is -0.190. The minimum atomic E-state index is -0.366. The lowest BCUT2D eigenvalue weighted by atomic mass is 10.0. The van der Waals surface area contributed by atoms with Crippen molar-refractivity contribution in [2.75, 3.05) is 26.3 Å². The Morgan fingerprint density at radius 1 is 1.12 bits per heavy atom. The third-order valence-corrected chi connectivity index (χ3v) is 5.13. The van der Waals surface area contributed by atoms with E-state index in [1.807, 2.05) is 10.7 Å². The first-order valence-electron chi connectivity index (χ1n) is 8.78. The van der Waals surface area contributed by atoms with Gasteiger partial charge in [-0.05, 0) is 38.9 Å². The van der Waals surface area contributed by atoms with E-state index in [-0.39, 0.29) is 5.79 Å². The molecule has 2 fully saturated rings. The molecule has 128 valence electrons. The van der Waals surface area contributed by atoms with E-state index in [4.69, 9.17) is 14.6 Å². The summed E-state index contributed by atoms with van der Waals surface area (Å²) in [5.41, 5.74) is 4.74. The van der Waals surface area contributed by atoms with Crippen molar-refractivity contribution >= 4 is 0 Å². The molecule has 0 amide bonds. The second kappa shape index (κ2) is 6.31. The molecular weight excluding hydrogens is 302 g/mol. The Hall–Kier alpha value is -1.69. The SMILES string of the molecule is Cc1nn(-c2ccccc2)c(C)c1CN1CCCC2(C1)OCCO2. The number of aryl methyl sites for hydroxylation is 1. The molecule has 0 atom stereocenters. The van der Waals surface area contributed by atoms with Crippen molar-refractivity contribution in [1.29, 1.82) is 0 Å². The first-order chi connectivity index (χ1) is 11.7. The number of likely N-dealkylation sites (tertiary alicyclic amines) is 1. The zero-order chi connectivity index (χ0) is 16.6. The number of para-hydroxylation sites is 1. The zero-order valence-electron chi connectivity index (χ0n) is 14.5. The van der Waals surface area contributed by atoms with E-state index in [1.165, 1.54) is 11.3 Å². The van der Waals surface area contributed by atoms with Crippen LogP contribution in [0.3, 0.4) is 0 Å². The number of benzene rings is 1. The van der Waals surface area contributed by atoms with Gasteiger partial charge < -0.3 is 9.47 Å². The van der Waals surface area contributed by atoms with Gasteiger partial charge in [0.15, 0.2) is 5.79 Å². The maximum absolute atomic E-state index is 5.90.